The molecule has 3 aromatic rings. The number of aromatic nitrogens is 2. The van der Waals surface area contributed by atoms with Crippen molar-refractivity contribution in [2.24, 2.45) is 0 Å². The number of halogens is 1. The lowest BCUT2D eigenvalue weighted by Crippen LogP contribution is -2.49. The Morgan fingerprint density at radius 3 is 2.56 bits per heavy atom. The molecule has 3 heterocycles. The molecule has 0 atom stereocenters. The maximum absolute atomic E-state index is 12.8. The minimum Gasteiger partial charge on any atom is -0.367 e. The summed E-state index contributed by atoms with van der Waals surface area (Å²) in [5, 5.41) is 0.748. The molecule has 0 radical (unpaired) electrons. The second-order valence-electron chi connectivity index (χ2n) is 6.33. The second kappa shape index (κ2) is 6.41. The Morgan fingerprint density at radius 1 is 1.04 bits per heavy atom. The molecule has 25 heavy (non-hydrogen) atoms. The van der Waals surface area contributed by atoms with Crippen molar-refractivity contribution in [3.05, 3.63) is 65.1 Å². The summed E-state index contributed by atoms with van der Waals surface area (Å²) in [6.07, 6.45) is 3.79. The van der Waals surface area contributed by atoms with Gasteiger partial charge in [0.15, 0.2) is 0 Å². The van der Waals surface area contributed by atoms with Gasteiger partial charge in [-0.3, -0.25) is 4.79 Å². The maximum atomic E-state index is 12.8. The number of hydrogen-bond donors (Lipinski definition) is 0. The molecule has 128 valence electrons. The molecule has 0 spiro atoms. The van der Waals surface area contributed by atoms with E-state index in [1.807, 2.05) is 65.0 Å². The first-order valence-corrected chi connectivity index (χ1v) is 8.74. The van der Waals surface area contributed by atoms with E-state index in [-0.39, 0.29) is 5.91 Å². The number of para-hydroxylation sites is 1. The minimum atomic E-state index is -0.0137. The van der Waals surface area contributed by atoms with Gasteiger partial charge < -0.3 is 14.2 Å². The molecule has 1 fully saturated rings. The number of carbonyl (C=O) groups is 1. The van der Waals surface area contributed by atoms with Crippen molar-refractivity contribution in [2.45, 2.75) is 6.92 Å². The molecule has 0 saturated carbocycles. The highest BCUT2D eigenvalue weighted by molar-refractivity contribution is 6.33. The summed E-state index contributed by atoms with van der Waals surface area (Å²) in [6, 6.07) is 11.8. The highest BCUT2D eigenvalue weighted by Crippen LogP contribution is 2.26. The number of piperazine rings is 1. The van der Waals surface area contributed by atoms with Crippen molar-refractivity contribution in [3.63, 3.8) is 0 Å². The van der Waals surface area contributed by atoms with Crippen LogP contribution in [-0.4, -0.2) is 46.4 Å². The van der Waals surface area contributed by atoms with Crippen molar-refractivity contribution >= 4 is 28.8 Å². The van der Waals surface area contributed by atoms with Gasteiger partial charge in [-0.25, -0.2) is 4.98 Å². The number of pyridine rings is 1. The number of amides is 1. The molecule has 0 bridgehead atoms. The summed E-state index contributed by atoms with van der Waals surface area (Å²) in [6.45, 7) is 4.88. The van der Waals surface area contributed by atoms with Gasteiger partial charge in [-0.15, -0.1) is 0 Å². The molecule has 1 aromatic carbocycles. The van der Waals surface area contributed by atoms with E-state index in [0.29, 0.717) is 18.8 Å². The summed E-state index contributed by atoms with van der Waals surface area (Å²) in [5.41, 5.74) is 3.46. The van der Waals surface area contributed by atoms with Crippen LogP contribution in [0.5, 0.6) is 0 Å². The largest absolute Gasteiger partial charge is 0.367 e. The van der Waals surface area contributed by atoms with Crippen LogP contribution in [0, 0.1) is 6.92 Å². The fourth-order valence-electron chi connectivity index (χ4n) is 3.23. The highest BCUT2D eigenvalue weighted by Gasteiger charge is 2.24. The molecule has 0 unspecified atom stereocenters. The van der Waals surface area contributed by atoms with Crippen molar-refractivity contribution in [3.8, 4) is 0 Å². The van der Waals surface area contributed by atoms with Crippen LogP contribution < -0.4 is 4.90 Å². The average Bonchev–Trinajstić information content (AvgIpc) is 3.05. The van der Waals surface area contributed by atoms with E-state index in [1.165, 1.54) is 0 Å². The van der Waals surface area contributed by atoms with Crippen molar-refractivity contribution < 1.29 is 4.79 Å². The Labute approximate surface area is 151 Å². The number of imidazole rings is 1. The van der Waals surface area contributed by atoms with E-state index in [2.05, 4.69) is 9.88 Å². The number of fused-ring (bicyclic) bond motifs is 1. The van der Waals surface area contributed by atoms with Crippen LogP contribution in [0.2, 0.25) is 5.02 Å². The van der Waals surface area contributed by atoms with E-state index >= 15 is 0 Å². The van der Waals surface area contributed by atoms with Crippen molar-refractivity contribution in [2.75, 3.05) is 31.1 Å². The lowest BCUT2D eigenvalue weighted by atomic mass is 10.2. The molecule has 0 aliphatic carbocycles. The third-order valence-electron chi connectivity index (χ3n) is 4.58. The molecule has 0 N–H and O–H groups in total. The van der Waals surface area contributed by atoms with Crippen LogP contribution in [0.1, 0.15) is 16.1 Å². The Balaban J connectivity index is 1.48. The monoisotopic (exact) mass is 354 g/mol. The lowest BCUT2D eigenvalue weighted by molar-refractivity contribution is 0.0741. The normalized spacial score (nSPS) is 15.0. The van der Waals surface area contributed by atoms with Crippen molar-refractivity contribution in [1.82, 2.24) is 14.3 Å². The van der Waals surface area contributed by atoms with Crippen LogP contribution in [-0.2, 0) is 0 Å². The zero-order chi connectivity index (χ0) is 17.4. The fourth-order valence-corrected chi connectivity index (χ4v) is 3.48. The van der Waals surface area contributed by atoms with Gasteiger partial charge in [-0.2, -0.15) is 0 Å². The predicted octanol–water partition coefficient (Wildman–Crippen LogP) is 3.26. The topological polar surface area (TPSA) is 40.9 Å². The standard InChI is InChI=1S/C19H19ClN4O/c1-14-6-7-18-21-16(13-24(18)12-14)19(25)23-10-8-22(9-11-23)17-5-3-2-4-15(17)20/h2-7,12-13H,8-11H2,1H3. The van der Waals surface area contributed by atoms with E-state index in [1.54, 1.807) is 0 Å². The van der Waals surface area contributed by atoms with Gasteiger partial charge in [-0.05, 0) is 30.7 Å². The SMILES string of the molecule is Cc1ccc2nc(C(=O)N3CCN(c4ccccc4Cl)CC3)cn2c1. The molecule has 1 saturated heterocycles. The van der Waals surface area contributed by atoms with Crippen molar-refractivity contribution in [1.29, 1.82) is 0 Å². The number of aryl methyl sites for hydroxylation is 1. The second-order valence-corrected chi connectivity index (χ2v) is 6.74. The van der Waals surface area contributed by atoms with Gasteiger partial charge >= 0.3 is 0 Å². The zero-order valence-corrected chi connectivity index (χ0v) is 14.8. The molecular formula is C19H19ClN4O. The summed E-state index contributed by atoms with van der Waals surface area (Å²) in [5.74, 6) is -0.0137. The van der Waals surface area contributed by atoms with E-state index in [4.69, 9.17) is 11.6 Å². The minimum absolute atomic E-state index is 0.0137. The van der Waals surface area contributed by atoms with E-state index < -0.39 is 0 Å². The van der Waals surface area contributed by atoms with Crippen LogP contribution in [0.3, 0.4) is 0 Å². The number of benzene rings is 1. The van der Waals surface area contributed by atoms with Crippen LogP contribution in [0.25, 0.3) is 5.65 Å². The summed E-state index contributed by atoms with van der Waals surface area (Å²) < 4.78 is 1.91. The van der Waals surface area contributed by atoms with E-state index in [0.717, 1.165) is 35.0 Å². The Morgan fingerprint density at radius 2 is 1.80 bits per heavy atom. The molecule has 1 aliphatic rings. The smallest absolute Gasteiger partial charge is 0.274 e. The number of anilines is 1. The number of hydrogen-bond acceptors (Lipinski definition) is 3. The molecule has 1 amide bonds. The summed E-state index contributed by atoms with van der Waals surface area (Å²) in [4.78, 5) is 21.3. The van der Waals surface area contributed by atoms with Gasteiger partial charge in [0.2, 0.25) is 0 Å². The highest BCUT2D eigenvalue weighted by atomic mass is 35.5. The first-order valence-electron chi connectivity index (χ1n) is 8.36. The first-order chi connectivity index (χ1) is 12.1. The van der Waals surface area contributed by atoms with Crippen LogP contribution in [0.15, 0.2) is 48.8 Å². The first kappa shape index (κ1) is 16.0. The molecule has 4 rings (SSSR count). The number of rotatable bonds is 2. The van der Waals surface area contributed by atoms with Gasteiger partial charge in [0, 0.05) is 38.6 Å². The summed E-state index contributed by atoms with van der Waals surface area (Å²) >= 11 is 6.28. The Hall–Kier alpha value is -2.53. The molecule has 5 nitrogen and oxygen atoms in total. The fraction of sp³-hybridized carbons (Fsp3) is 0.263. The zero-order valence-electron chi connectivity index (χ0n) is 14.0. The van der Waals surface area contributed by atoms with E-state index in [9.17, 15) is 4.79 Å². The quantitative estimate of drug-likeness (QED) is 0.709. The summed E-state index contributed by atoms with van der Waals surface area (Å²) in [7, 11) is 0. The van der Waals surface area contributed by atoms with Gasteiger partial charge in [0.25, 0.3) is 5.91 Å². The molecule has 1 aliphatic heterocycles. The van der Waals surface area contributed by atoms with Gasteiger partial charge in [-0.1, -0.05) is 29.8 Å². The molecular weight excluding hydrogens is 336 g/mol. The molecule has 2 aromatic heterocycles. The van der Waals surface area contributed by atoms with Gasteiger partial charge in [0.05, 0.1) is 10.7 Å². The Bertz CT molecular complexity index is 928. The van der Waals surface area contributed by atoms with Gasteiger partial charge in [0.1, 0.15) is 11.3 Å². The van der Waals surface area contributed by atoms with Crippen LogP contribution in [0.4, 0.5) is 5.69 Å². The average molecular weight is 355 g/mol. The number of nitrogens with zero attached hydrogens (tertiary/aromatic N) is 4. The molecule has 6 heteroatoms. The maximum Gasteiger partial charge on any atom is 0.274 e. The van der Waals surface area contributed by atoms with Crippen LogP contribution >= 0.6 is 11.6 Å². The lowest BCUT2D eigenvalue weighted by Gasteiger charge is -2.36. The Kier molecular flexibility index (Phi) is 4.09. The number of carbonyl (C=O) groups excluding carboxylic acids is 1. The third kappa shape index (κ3) is 3.07. The predicted molar refractivity (Wildman–Crippen MR) is 99.5 cm³/mol. The third-order valence-corrected chi connectivity index (χ3v) is 4.90.